The van der Waals surface area contributed by atoms with Crippen LogP contribution in [0.15, 0.2) is 36.7 Å². The lowest BCUT2D eigenvalue weighted by Crippen LogP contribution is -2.46. The molecule has 1 atom stereocenters. The number of hydrogen-bond donors (Lipinski definition) is 1. The van der Waals surface area contributed by atoms with Crippen LogP contribution in [0.3, 0.4) is 0 Å². The average molecular weight is 341 g/mol. The van der Waals surface area contributed by atoms with Gasteiger partial charge >= 0.3 is 0 Å². The fourth-order valence-corrected chi connectivity index (χ4v) is 3.35. The summed E-state index contributed by atoms with van der Waals surface area (Å²) in [5.41, 5.74) is 2.60. The Labute approximate surface area is 149 Å². The number of carbonyl (C=O) groups is 1. The van der Waals surface area contributed by atoms with Gasteiger partial charge in [-0.2, -0.15) is 5.10 Å². The van der Waals surface area contributed by atoms with E-state index in [2.05, 4.69) is 27.3 Å². The Balaban J connectivity index is 1.78. The van der Waals surface area contributed by atoms with E-state index in [1.807, 2.05) is 50.8 Å². The van der Waals surface area contributed by atoms with E-state index in [4.69, 9.17) is 0 Å². The van der Waals surface area contributed by atoms with Gasteiger partial charge < -0.3 is 15.1 Å². The van der Waals surface area contributed by atoms with E-state index < -0.39 is 0 Å². The largest absolute Gasteiger partial charge is 0.348 e. The number of rotatable bonds is 5. The monoisotopic (exact) mass is 341 g/mol. The third kappa shape index (κ3) is 4.46. The van der Waals surface area contributed by atoms with Gasteiger partial charge in [-0.3, -0.25) is 4.79 Å². The molecule has 1 aliphatic heterocycles. The topological polar surface area (TPSA) is 53.4 Å². The molecule has 1 fully saturated rings. The van der Waals surface area contributed by atoms with E-state index in [1.165, 1.54) is 0 Å². The van der Waals surface area contributed by atoms with Gasteiger partial charge in [0.1, 0.15) is 0 Å². The Bertz CT molecular complexity index is 724. The number of benzene rings is 1. The molecule has 2 heterocycles. The molecular formula is C19H27N5O. The third-order valence-electron chi connectivity index (χ3n) is 4.49. The zero-order valence-corrected chi connectivity index (χ0v) is 15.3. The maximum absolute atomic E-state index is 12.8. The molecule has 1 saturated heterocycles. The van der Waals surface area contributed by atoms with E-state index >= 15 is 0 Å². The summed E-state index contributed by atoms with van der Waals surface area (Å²) in [7, 11) is 6.15. The minimum Gasteiger partial charge on any atom is -0.348 e. The fraction of sp³-hybridized carbons (Fsp3) is 0.474. The number of amides is 1. The molecular weight excluding hydrogens is 314 g/mol. The van der Waals surface area contributed by atoms with Gasteiger partial charge in [-0.25, -0.2) is 4.68 Å². The number of carbonyl (C=O) groups excluding carboxylic acids is 1. The Morgan fingerprint density at radius 2 is 2.16 bits per heavy atom. The zero-order valence-electron chi connectivity index (χ0n) is 15.3. The first kappa shape index (κ1) is 17.6. The van der Waals surface area contributed by atoms with Gasteiger partial charge in [-0.1, -0.05) is 12.1 Å². The molecule has 1 aliphatic rings. The molecule has 1 aromatic heterocycles. The summed E-state index contributed by atoms with van der Waals surface area (Å²) in [6.07, 6.45) is 5.99. The van der Waals surface area contributed by atoms with Gasteiger partial charge in [0.25, 0.3) is 5.91 Å². The van der Waals surface area contributed by atoms with Gasteiger partial charge in [0.05, 0.1) is 17.4 Å². The summed E-state index contributed by atoms with van der Waals surface area (Å²) < 4.78 is 1.79. The number of hydrogen-bond acceptors (Lipinski definition) is 4. The van der Waals surface area contributed by atoms with Gasteiger partial charge in [0.2, 0.25) is 0 Å². The van der Waals surface area contributed by atoms with Crippen molar-refractivity contribution in [1.29, 1.82) is 0 Å². The molecule has 0 saturated carbocycles. The smallest absolute Gasteiger partial charge is 0.253 e. The van der Waals surface area contributed by atoms with Crippen molar-refractivity contribution in [2.24, 2.45) is 0 Å². The molecule has 3 rings (SSSR count). The molecule has 0 bridgehead atoms. The van der Waals surface area contributed by atoms with Gasteiger partial charge in [-0.05, 0) is 52.7 Å². The van der Waals surface area contributed by atoms with Crippen LogP contribution in [-0.4, -0.2) is 65.8 Å². The molecule has 25 heavy (non-hydrogen) atoms. The summed E-state index contributed by atoms with van der Waals surface area (Å²) in [6.45, 7) is 2.83. The lowest BCUT2D eigenvalue weighted by Gasteiger charge is -2.30. The highest BCUT2D eigenvalue weighted by Gasteiger charge is 2.21. The maximum Gasteiger partial charge on any atom is 0.253 e. The van der Waals surface area contributed by atoms with Crippen LogP contribution in [0.1, 0.15) is 28.8 Å². The van der Waals surface area contributed by atoms with Crippen LogP contribution in [0.2, 0.25) is 0 Å². The molecule has 0 unspecified atom stereocenters. The predicted octanol–water partition coefficient (Wildman–Crippen LogP) is 1.76. The molecule has 1 amide bonds. The summed E-state index contributed by atoms with van der Waals surface area (Å²) in [5.74, 6) is -0.0273. The number of para-hydroxylation sites is 1. The number of nitrogens with one attached hydrogen (secondary N) is 1. The van der Waals surface area contributed by atoms with Crippen molar-refractivity contribution in [1.82, 2.24) is 24.9 Å². The van der Waals surface area contributed by atoms with Gasteiger partial charge in [0.15, 0.2) is 0 Å². The van der Waals surface area contributed by atoms with E-state index in [0.29, 0.717) is 5.56 Å². The second-order valence-corrected chi connectivity index (χ2v) is 7.12. The SMILES string of the molecule is CN(C)Cc1cnn(-c2ccccc2C(=O)N[C@H]2CCCN(C)C2)c1. The first-order valence-electron chi connectivity index (χ1n) is 8.80. The second kappa shape index (κ2) is 7.80. The van der Waals surface area contributed by atoms with Crippen molar-refractivity contribution in [3.63, 3.8) is 0 Å². The summed E-state index contributed by atoms with van der Waals surface area (Å²) in [6, 6.07) is 7.85. The third-order valence-corrected chi connectivity index (χ3v) is 4.49. The maximum atomic E-state index is 12.8. The van der Waals surface area contributed by atoms with E-state index in [-0.39, 0.29) is 11.9 Å². The van der Waals surface area contributed by atoms with Crippen molar-refractivity contribution in [2.45, 2.75) is 25.4 Å². The van der Waals surface area contributed by atoms with Crippen LogP contribution in [-0.2, 0) is 6.54 Å². The first-order chi connectivity index (χ1) is 12.0. The van der Waals surface area contributed by atoms with Crippen molar-refractivity contribution >= 4 is 5.91 Å². The van der Waals surface area contributed by atoms with E-state index in [9.17, 15) is 4.79 Å². The molecule has 1 N–H and O–H groups in total. The van der Waals surface area contributed by atoms with Crippen LogP contribution >= 0.6 is 0 Å². The van der Waals surface area contributed by atoms with Crippen LogP contribution in [0.25, 0.3) is 5.69 Å². The molecule has 1 aromatic carbocycles. The fourth-order valence-electron chi connectivity index (χ4n) is 3.35. The highest BCUT2D eigenvalue weighted by molar-refractivity contribution is 5.97. The Morgan fingerprint density at radius 3 is 2.92 bits per heavy atom. The Hall–Kier alpha value is -2.18. The average Bonchev–Trinajstić information content (AvgIpc) is 3.02. The highest BCUT2D eigenvalue weighted by atomic mass is 16.1. The van der Waals surface area contributed by atoms with Crippen molar-refractivity contribution in [2.75, 3.05) is 34.2 Å². The number of piperidine rings is 1. The number of likely N-dealkylation sites (N-methyl/N-ethyl adjacent to an activating group) is 1. The van der Waals surface area contributed by atoms with Gasteiger partial charge in [-0.15, -0.1) is 0 Å². The highest BCUT2D eigenvalue weighted by Crippen LogP contribution is 2.16. The molecule has 6 heteroatoms. The predicted molar refractivity (Wildman–Crippen MR) is 98.9 cm³/mol. The Kier molecular flexibility index (Phi) is 5.50. The van der Waals surface area contributed by atoms with Crippen LogP contribution in [0, 0.1) is 0 Å². The van der Waals surface area contributed by atoms with E-state index in [1.54, 1.807) is 4.68 Å². The summed E-state index contributed by atoms with van der Waals surface area (Å²) in [5, 5.41) is 7.63. The molecule has 0 radical (unpaired) electrons. The quantitative estimate of drug-likeness (QED) is 0.900. The van der Waals surface area contributed by atoms with Gasteiger partial charge in [0, 0.05) is 30.9 Å². The molecule has 6 nitrogen and oxygen atoms in total. The zero-order chi connectivity index (χ0) is 17.8. The van der Waals surface area contributed by atoms with Crippen LogP contribution < -0.4 is 5.32 Å². The normalized spacial score (nSPS) is 18.5. The number of aromatic nitrogens is 2. The van der Waals surface area contributed by atoms with Crippen LogP contribution in [0.5, 0.6) is 0 Å². The first-order valence-corrected chi connectivity index (χ1v) is 8.80. The second-order valence-electron chi connectivity index (χ2n) is 7.12. The van der Waals surface area contributed by atoms with Crippen molar-refractivity contribution in [3.05, 3.63) is 47.8 Å². The summed E-state index contributed by atoms with van der Waals surface area (Å²) in [4.78, 5) is 17.2. The molecule has 0 aliphatic carbocycles. The standard InChI is InChI=1S/C19H27N5O/c1-22(2)12-15-11-20-24(13-15)18-9-5-4-8-17(18)19(25)21-16-7-6-10-23(3)14-16/h4-5,8-9,11,13,16H,6-7,10,12,14H2,1-3H3,(H,21,25)/t16-/m0/s1. The molecule has 134 valence electrons. The number of likely N-dealkylation sites (tertiary alicyclic amines) is 1. The molecule has 2 aromatic rings. The lowest BCUT2D eigenvalue weighted by atomic mass is 10.1. The summed E-state index contributed by atoms with van der Waals surface area (Å²) >= 11 is 0. The minimum atomic E-state index is -0.0273. The van der Waals surface area contributed by atoms with Crippen LogP contribution in [0.4, 0.5) is 0 Å². The lowest BCUT2D eigenvalue weighted by molar-refractivity contribution is 0.0912. The molecule has 0 spiro atoms. The van der Waals surface area contributed by atoms with Crippen molar-refractivity contribution in [3.8, 4) is 5.69 Å². The Morgan fingerprint density at radius 1 is 1.36 bits per heavy atom. The minimum absolute atomic E-state index is 0.0273. The van der Waals surface area contributed by atoms with Crippen molar-refractivity contribution < 1.29 is 4.79 Å². The number of nitrogens with zero attached hydrogens (tertiary/aromatic N) is 4. The van der Waals surface area contributed by atoms with E-state index in [0.717, 1.165) is 43.7 Å².